The molecule has 6 nitrogen and oxygen atoms in total. The van der Waals surface area contributed by atoms with Crippen molar-refractivity contribution in [1.82, 2.24) is 10.6 Å². The number of hydrogen-bond donors (Lipinski definition) is 3. The fourth-order valence-electron chi connectivity index (χ4n) is 2.93. The minimum absolute atomic E-state index is 0. The molecule has 1 aromatic carbocycles. The van der Waals surface area contributed by atoms with Crippen LogP contribution in [-0.4, -0.2) is 30.8 Å². The molecule has 2 aromatic rings. The molecule has 2 rings (SSSR count). The lowest BCUT2D eigenvalue weighted by Gasteiger charge is -2.24. The van der Waals surface area contributed by atoms with Crippen LogP contribution in [-0.2, 0) is 12.1 Å². The van der Waals surface area contributed by atoms with Gasteiger partial charge in [0.1, 0.15) is 22.9 Å². The number of hydrogen-bond acceptors (Lipinski definition) is 4. The first-order chi connectivity index (χ1) is 12.9. The van der Waals surface area contributed by atoms with Crippen LogP contribution in [0.4, 0.5) is 0 Å². The second-order valence-electron chi connectivity index (χ2n) is 6.73. The highest BCUT2D eigenvalue weighted by Crippen LogP contribution is 2.26. The molecule has 1 aromatic heterocycles. The van der Waals surface area contributed by atoms with Gasteiger partial charge in [-0.25, -0.2) is 4.99 Å². The van der Waals surface area contributed by atoms with E-state index in [2.05, 4.69) is 15.6 Å². The third-order valence-corrected chi connectivity index (χ3v) is 4.19. The Bertz CT molecular complexity index is 772. The lowest BCUT2D eigenvalue weighted by atomic mass is 9.96. The van der Waals surface area contributed by atoms with Crippen molar-refractivity contribution in [2.75, 3.05) is 19.7 Å². The average Bonchev–Trinajstić information content (AvgIpc) is 2.97. The molecule has 156 valence electrons. The number of nitrogens with zero attached hydrogens (tertiary/aromatic N) is 1. The van der Waals surface area contributed by atoms with Crippen molar-refractivity contribution in [2.24, 2.45) is 4.99 Å². The largest absolute Gasteiger partial charge is 0.494 e. The normalized spacial score (nSPS) is 13.4. The van der Waals surface area contributed by atoms with Gasteiger partial charge < -0.3 is 24.9 Å². The number of furan rings is 1. The minimum atomic E-state index is -1.06. The molecule has 0 spiro atoms. The Kier molecular flexibility index (Phi) is 9.81. The van der Waals surface area contributed by atoms with Crippen molar-refractivity contribution < 1.29 is 14.3 Å². The SMILES string of the molecule is CCNC(=NCc1cccc(OCC)c1)NCC(C)(O)c1cc(C)oc1C.I. The van der Waals surface area contributed by atoms with Crippen LogP contribution in [0.5, 0.6) is 5.75 Å². The fraction of sp³-hybridized carbons (Fsp3) is 0.476. The smallest absolute Gasteiger partial charge is 0.191 e. The maximum atomic E-state index is 10.9. The molecule has 0 aliphatic heterocycles. The lowest BCUT2D eigenvalue weighted by Crippen LogP contribution is -2.44. The Hall–Kier alpha value is -1.74. The van der Waals surface area contributed by atoms with E-state index < -0.39 is 5.60 Å². The Labute approximate surface area is 184 Å². The molecule has 0 aliphatic rings. The molecule has 0 saturated heterocycles. The Balaban J connectivity index is 0.00000392. The molecule has 3 N–H and O–H groups in total. The van der Waals surface area contributed by atoms with Crippen LogP contribution in [0.2, 0.25) is 0 Å². The van der Waals surface area contributed by atoms with E-state index in [0.717, 1.165) is 34.9 Å². The van der Waals surface area contributed by atoms with Gasteiger partial charge in [-0.3, -0.25) is 0 Å². The monoisotopic (exact) mass is 501 g/mol. The number of aryl methyl sites for hydroxylation is 2. The summed E-state index contributed by atoms with van der Waals surface area (Å²) in [7, 11) is 0. The number of aliphatic hydroxyl groups is 1. The fourth-order valence-corrected chi connectivity index (χ4v) is 2.93. The van der Waals surface area contributed by atoms with Crippen LogP contribution in [0, 0.1) is 13.8 Å². The Morgan fingerprint density at radius 1 is 1.21 bits per heavy atom. The van der Waals surface area contributed by atoms with Gasteiger partial charge in [-0.05, 0) is 58.4 Å². The van der Waals surface area contributed by atoms with E-state index in [0.29, 0.717) is 25.7 Å². The van der Waals surface area contributed by atoms with E-state index >= 15 is 0 Å². The van der Waals surface area contributed by atoms with E-state index in [1.807, 2.05) is 58.0 Å². The molecule has 28 heavy (non-hydrogen) atoms. The number of nitrogens with one attached hydrogen (secondary N) is 2. The molecular formula is C21H32IN3O3. The molecule has 0 radical (unpaired) electrons. The second-order valence-corrected chi connectivity index (χ2v) is 6.73. The van der Waals surface area contributed by atoms with Crippen LogP contribution >= 0.6 is 24.0 Å². The zero-order valence-electron chi connectivity index (χ0n) is 17.3. The van der Waals surface area contributed by atoms with E-state index in [-0.39, 0.29) is 24.0 Å². The molecule has 1 atom stereocenters. The molecule has 1 unspecified atom stereocenters. The maximum absolute atomic E-state index is 10.9. The third-order valence-electron chi connectivity index (χ3n) is 4.19. The highest BCUT2D eigenvalue weighted by Gasteiger charge is 2.27. The summed E-state index contributed by atoms with van der Waals surface area (Å²) in [4.78, 5) is 4.61. The van der Waals surface area contributed by atoms with Gasteiger partial charge in [0.2, 0.25) is 0 Å². The summed E-state index contributed by atoms with van der Waals surface area (Å²) < 4.78 is 11.1. The standard InChI is InChI=1S/C21H31N3O3.HI/c1-6-22-20(23-13-17-9-8-10-18(12-17)26-7-2)24-14-21(5,25)19-11-15(3)27-16(19)4;/h8-12,25H,6-7,13-14H2,1-5H3,(H2,22,23,24);1H. The van der Waals surface area contributed by atoms with Gasteiger partial charge in [0.25, 0.3) is 0 Å². The predicted octanol–water partition coefficient (Wildman–Crippen LogP) is 3.88. The van der Waals surface area contributed by atoms with Crippen molar-refractivity contribution in [3.63, 3.8) is 0 Å². The van der Waals surface area contributed by atoms with Crippen LogP contribution in [0.3, 0.4) is 0 Å². The van der Waals surface area contributed by atoms with Crippen LogP contribution in [0.25, 0.3) is 0 Å². The predicted molar refractivity (Wildman–Crippen MR) is 124 cm³/mol. The first-order valence-corrected chi connectivity index (χ1v) is 9.39. The minimum Gasteiger partial charge on any atom is -0.494 e. The zero-order chi connectivity index (χ0) is 19.9. The summed E-state index contributed by atoms with van der Waals surface area (Å²) in [6.07, 6.45) is 0. The molecule has 7 heteroatoms. The number of ether oxygens (including phenoxy) is 1. The van der Waals surface area contributed by atoms with Crippen molar-refractivity contribution >= 4 is 29.9 Å². The Morgan fingerprint density at radius 3 is 2.57 bits per heavy atom. The van der Waals surface area contributed by atoms with Gasteiger partial charge in [0.15, 0.2) is 5.96 Å². The van der Waals surface area contributed by atoms with Crippen LogP contribution < -0.4 is 15.4 Å². The number of benzene rings is 1. The number of guanidine groups is 1. The van der Waals surface area contributed by atoms with Gasteiger partial charge in [0, 0.05) is 12.1 Å². The summed E-state index contributed by atoms with van der Waals surface area (Å²) in [6.45, 7) is 11.7. The van der Waals surface area contributed by atoms with E-state index in [1.165, 1.54) is 0 Å². The lowest BCUT2D eigenvalue weighted by molar-refractivity contribution is 0.0601. The topological polar surface area (TPSA) is 79.0 Å². The van der Waals surface area contributed by atoms with Crippen molar-refractivity contribution in [1.29, 1.82) is 0 Å². The molecule has 0 aliphatic carbocycles. The van der Waals surface area contributed by atoms with Crippen LogP contribution in [0.15, 0.2) is 39.7 Å². The highest BCUT2D eigenvalue weighted by atomic mass is 127. The van der Waals surface area contributed by atoms with E-state index in [9.17, 15) is 5.11 Å². The van der Waals surface area contributed by atoms with Gasteiger partial charge >= 0.3 is 0 Å². The zero-order valence-corrected chi connectivity index (χ0v) is 19.7. The molecule has 1 heterocycles. The van der Waals surface area contributed by atoms with Gasteiger partial charge in [0.05, 0.1) is 19.7 Å². The summed E-state index contributed by atoms with van der Waals surface area (Å²) >= 11 is 0. The van der Waals surface area contributed by atoms with Crippen molar-refractivity contribution in [3.8, 4) is 5.75 Å². The molecular weight excluding hydrogens is 469 g/mol. The maximum Gasteiger partial charge on any atom is 0.191 e. The second kappa shape index (κ2) is 11.3. The summed E-state index contributed by atoms with van der Waals surface area (Å²) in [5.41, 5.74) is 0.784. The molecule has 0 bridgehead atoms. The van der Waals surface area contributed by atoms with Crippen LogP contribution in [0.1, 0.15) is 43.4 Å². The summed E-state index contributed by atoms with van der Waals surface area (Å²) in [6, 6.07) is 9.78. The first kappa shape index (κ1) is 24.3. The number of aliphatic imine (C=N–C) groups is 1. The summed E-state index contributed by atoms with van der Waals surface area (Å²) in [5, 5.41) is 17.3. The summed E-state index contributed by atoms with van der Waals surface area (Å²) in [5.74, 6) is 3.01. The first-order valence-electron chi connectivity index (χ1n) is 9.39. The average molecular weight is 501 g/mol. The third kappa shape index (κ3) is 7.01. The Morgan fingerprint density at radius 2 is 1.96 bits per heavy atom. The quantitative estimate of drug-likeness (QED) is 0.291. The molecule has 0 fully saturated rings. The number of halogens is 1. The molecule has 0 saturated carbocycles. The number of rotatable bonds is 8. The van der Waals surface area contributed by atoms with E-state index in [1.54, 1.807) is 6.92 Å². The highest BCUT2D eigenvalue weighted by molar-refractivity contribution is 14.0. The van der Waals surface area contributed by atoms with Gasteiger partial charge in [-0.15, -0.1) is 24.0 Å². The molecule has 0 amide bonds. The van der Waals surface area contributed by atoms with Gasteiger partial charge in [-0.1, -0.05) is 12.1 Å². The van der Waals surface area contributed by atoms with Crippen molar-refractivity contribution in [2.45, 2.75) is 46.8 Å². The van der Waals surface area contributed by atoms with Gasteiger partial charge in [-0.2, -0.15) is 0 Å². The van der Waals surface area contributed by atoms with E-state index in [4.69, 9.17) is 9.15 Å². The van der Waals surface area contributed by atoms with Crippen molar-refractivity contribution in [3.05, 3.63) is 53.0 Å².